The lowest BCUT2D eigenvalue weighted by Crippen LogP contribution is -2.45. The third kappa shape index (κ3) is 28.1. The van der Waals surface area contributed by atoms with Crippen LogP contribution in [0, 0.1) is 0 Å². The minimum atomic E-state index is -0.657. The molecule has 3 N–H and O–H groups in total. The number of hydrogen-bond acceptors (Lipinski definition) is 3. The van der Waals surface area contributed by atoms with Gasteiger partial charge in [-0.25, -0.2) is 0 Å². The summed E-state index contributed by atoms with van der Waals surface area (Å²) in [6.07, 6.45) is 40.8. The highest BCUT2D eigenvalue weighted by Gasteiger charge is 2.19. The Morgan fingerprint density at radius 1 is 0.600 bits per heavy atom. The molecule has 0 spiro atoms. The van der Waals surface area contributed by atoms with Crippen LogP contribution < -0.4 is 5.32 Å². The van der Waals surface area contributed by atoms with Gasteiger partial charge in [-0.05, 0) is 51.4 Å². The zero-order chi connectivity index (χ0) is 29.4. The molecule has 0 saturated heterocycles. The number of rotatable bonds is 30. The van der Waals surface area contributed by atoms with Crippen LogP contribution in [-0.4, -0.2) is 34.9 Å². The molecule has 0 aromatic heterocycles. The third-order valence-electron chi connectivity index (χ3n) is 7.65. The van der Waals surface area contributed by atoms with E-state index in [1.165, 1.54) is 103 Å². The number of carbonyl (C=O) groups is 1. The van der Waals surface area contributed by atoms with E-state index in [0.717, 1.165) is 38.5 Å². The highest BCUT2D eigenvalue weighted by Crippen LogP contribution is 2.13. The van der Waals surface area contributed by atoms with Crippen LogP contribution in [0.25, 0.3) is 0 Å². The van der Waals surface area contributed by atoms with Gasteiger partial charge in [-0.1, -0.05) is 147 Å². The van der Waals surface area contributed by atoms with Gasteiger partial charge in [-0.2, -0.15) is 0 Å². The quantitative estimate of drug-likeness (QED) is 0.0603. The van der Waals surface area contributed by atoms with Crippen LogP contribution in [0.5, 0.6) is 0 Å². The Hall–Kier alpha value is -1.39. The van der Waals surface area contributed by atoms with Gasteiger partial charge in [0.05, 0.1) is 18.8 Å². The zero-order valence-electron chi connectivity index (χ0n) is 26.6. The van der Waals surface area contributed by atoms with Crippen LogP contribution in [0.4, 0.5) is 0 Å². The summed E-state index contributed by atoms with van der Waals surface area (Å²) in [4.78, 5) is 12.2. The molecule has 0 bridgehead atoms. The van der Waals surface area contributed by atoms with Crippen molar-refractivity contribution in [3.63, 3.8) is 0 Å². The number of unbranched alkanes of at least 4 members (excludes halogenated alkanes) is 17. The predicted octanol–water partition coefficient (Wildman–Crippen LogP) is 9.90. The van der Waals surface area contributed by atoms with Crippen molar-refractivity contribution in [2.75, 3.05) is 6.61 Å². The molecule has 0 aliphatic carbocycles. The van der Waals surface area contributed by atoms with E-state index < -0.39 is 12.1 Å². The summed E-state index contributed by atoms with van der Waals surface area (Å²) >= 11 is 0. The zero-order valence-corrected chi connectivity index (χ0v) is 26.6. The molecule has 2 atom stereocenters. The number of hydrogen-bond donors (Lipinski definition) is 3. The van der Waals surface area contributed by atoms with E-state index in [1.54, 1.807) is 0 Å². The smallest absolute Gasteiger partial charge is 0.220 e. The topological polar surface area (TPSA) is 69.6 Å². The maximum Gasteiger partial charge on any atom is 0.220 e. The van der Waals surface area contributed by atoms with Crippen LogP contribution >= 0.6 is 0 Å². The fourth-order valence-corrected chi connectivity index (χ4v) is 4.95. The molecule has 234 valence electrons. The predicted molar refractivity (Wildman–Crippen MR) is 175 cm³/mol. The first-order valence-electron chi connectivity index (χ1n) is 17.2. The maximum atomic E-state index is 12.2. The van der Waals surface area contributed by atoms with E-state index in [9.17, 15) is 15.0 Å². The second-order valence-electron chi connectivity index (χ2n) is 11.6. The van der Waals surface area contributed by atoms with Crippen LogP contribution in [-0.2, 0) is 4.79 Å². The highest BCUT2D eigenvalue weighted by atomic mass is 16.3. The van der Waals surface area contributed by atoms with Gasteiger partial charge in [0, 0.05) is 6.42 Å². The molecule has 1 amide bonds. The number of aliphatic hydroxyl groups excluding tert-OH is 2. The van der Waals surface area contributed by atoms with Crippen molar-refractivity contribution in [2.24, 2.45) is 0 Å². The molecule has 0 saturated carbocycles. The Morgan fingerprint density at radius 3 is 1.52 bits per heavy atom. The fourth-order valence-electron chi connectivity index (χ4n) is 4.95. The Bertz CT molecular complexity index is 613. The van der Waals surface area contributed by atoms with Crippen LogP contribution in [0.3, 0.4) is 0 Å². The van der Waals surface area contributed by atoms with E-state index >= 15 is 0 Å². The Kier molecular flexibility index (Phi) is 31.0. The molecule has 0 fully saturated rings. The van der Waals surface area contributed by atoms with E-state index in [-0.39, 0.29) is 12.5 Å². The van der Waals surface area contributed by atoms with Crippen molar-refractivity contribution in [2.45, 2.75) is 180 Å². The average Bonchev–Trinajstić information content (AvgIpc) is 2.96. The number of carbonyl (C=O) groups excluding carboxylic acids is 1. The average molecular weight is 562 g/mol. The molecule has 4 heteroatoms. The lowest BCUT2D eigenvalue weighted by atomic mass is 10.0. The molecule has 0 aromatic carbocycles. The van der Waals surface area contributed by atoms with Gasteiger partial charge >= 0.3 is 0 Å². The molecule has 0 rings (SSSR count). The van der Waals surface area contributed by atoms with E-state index in [4.69, 9.17) is 0 Å². The molecule has 0 aromatic rings. The van der Waals surface area contributed by atoms with Gasteiger partial charge in [-0.15, -0.1) is 0 Å². The Labute approximate surface area is 249 Å². The van der Waals surface area contributed by atoms with Crippen LogP contribution in [0.1, 0.15) is 168 Å². The minimum absolute atomic E-state index is 0.0482. The molecule has 40 heavy (non-hydrogen) atoms. The Morgan fingerprint density at radius 2 is 1.02 bits per heavy atom. The molecular formula is C36H67NO3. The molecular weight excluding hydrogens is 494 g/mol. The standard InChI is InChI=1S/C36H67NO3/c1-3-5-7-9-10-11-12-13-14-15-16-17-18-19-20-21-22-23-24-25-26-28-30-32-36(40)37-34(33-38)35(39)31-29-27-8-6-4-2/h12-13,15-16,18-19,34-35,38-39H,3-11,14,17,20-33H2,1-2H3,(H,37,40)/b13-12-,16-15-,19-18-. The van der Waals surface area contributed by atoms with Gasteiger partial charge in [0.15, 0.2) is 0 Å². The van der Waals surface area contributed by atoms with E-state index in [0.29, 0.717) is 12.8 Å². The van der Waals surface area contributed by atoms with Gasteiger partial charge in [0.1, 0.15) is 0 Å². The van der Waals surface area contributed by atoms with Crippen molar-refractivity contribution in [1.29, 1.82) is 0 Å². The first-order chi connectivity index (χ1) is 19.7. The number of nitrogens with one attached hydrogen (secondary N) is 1. The van der Waals surface area contributed by atoms with Gasteiger partial charge in [-0.3, -0.25) is 4.79 Å². The summed E-state index contributed by atoms with van der Waals surface area (Å²) in [5, 5.41) is 22.7. The minimum Gasteiger partial charge on any atom is -0.394 e. The van der Waals surface area contributed by atoms with Crippen molar-refractivity contribution < 1.29 is 15.0 Å². The van der Waals surface area contributed by atoms with E-state index in [1.807, 2.05) is 0 Å². The first kappa shape index (κ1) is 38.6. The molecule has 2 unspecified atom stereocenters. The monoisotopic (exact) mass is 562 g/mol. The molecule has 0 aliphatic rings. The summed E-state index contributed by atoms with van der Waals surface area (Å²) in [6.45, 7) is 4.25. The van der Waals surface area contributed by atoms with Crippen molar-refractivity contribution in [3.8, 4) is 0 Å². The van der Waals surface area contributed by atoms with Crippen LogP contribution in [0.2, 0.25) is 0 Å². The SMILES string of the molecule is CCCCCCC/C=C\C/C=C\C/C=C\CCCCCCCCCCC(=O)NC(CO)C(O)CCCCCCC. The third-order valence-corrected chi connectivity index (χ3v) is 7.65. The lowest BCUT2D eigenvalue weighted by molar-refractivity contribution is -0.123. The lowest BCUT2D eigenvalue weighted by Gasteiger charge is -2.22. The highest BCUT2D eigenvalue weighted by molar-refractivity contribution is 5.76. The van der Waals surface area contributed by atoms with Gasteiger partial charge in [0.2, 0.25) is 5.91 Å². The van der Waals surface area contributed by atoms with Crippen molar-refractivity contribution in [1.82, 2.24) is 5.32 Å². The Balaban J connectivity index is 3.52. The first-order valence-corrected chi connectivity index (χ1v) is 17.2. The molecule has 0 heterocycles. The van der Waals surface area contributed by atoms with Gasteiger partial charge < -0.3 is 15.5 Å². The molecule has 4 nitrogen and oxygen atoms in total. The molecule has 0 aliphatic heterocycles. The summed E-state index contributed by atoms with van der Waals surface area (Å²) in [7, 11) is 0. The number of allylic oxidation sites excluding steroid dienone is 6. The summed E-state index contributed by atoms with van der Waals surface area (Å²) in [6, 6.07) is -0.535. The fraction of sp³-hybridized carbons (Fsp3) is 0.806. The largest absolute Gasteiger partial charge is 0.394 e. The number of amides is 1. The maximum absolute atomic E-state index is 12.2. The van der Waals surface area contributed by atoms with Crippen molar-refractivity contribution in [3.05, 3.63) is 36.5 Å². The summed E-state index contributed by atoms with van der Waals surface area (Å²) in [5.41, 5.74) is 0. The van der Waals surface area contributed by atoms with Crippen LogP contribution in [0.15, 0.2) is 36.5 Å². The van der Waals surface area contributed by atoms with Crippen molar-refractivity contribution >= 4 is 5.91 Å². The normalized spacial score (nSPS) is 13.6. The second-order valence-corrected chi connectivity index (χ2v) is 11.6. The van der Waals surface area contributed by atoms with E-state index in [2.05, 4.69) is 55.6 Å². The summed E-state index contributed by atoms with van der Waals surface area (Å²) < 4.78 is 0. The summed E-state index contributed by atoms with van der Waals surface area (Å²) in [5.74, 6) is -0.0482. The second kappa shape index (κ2) is 32.1. The van der Waals surface area contributed by atoms with Gasteiger partial charge in [0.25, 0.3) is 0 Å². The number of aliphatic hydroxyl groups is 2. The molecule has 0 radical (unpaired) electrons.